The van der Waals surface area contributed by atoms with Crippen LogP contribution < -0.4 is 10.2 Å². The number of nitrogens with one attached hydrogen (secondary N) is 1. The van der Waals surface area contributed by atoms with E-state index < -0.39 is 0 Å². The number of rotatable bonds is 5. The minimum atomic E-state index is 0.138. The first-order valence-electron chi connectivity index (χ1n) is 6.54. The summed E-state index contributed by atoms with van der Waals surface area (Å²) < 4.78 is 0. The molecule has 0 aromatic heterocycles. The fourth-order valence-corrected chi connectivity index (χ4v) is 2.16. The Bertz CT molecular complexity index is 401. The van der Waals surface area contributed by atoms with E-state index in [4.69, 9.17) is 11.6 Å². The first-order valence-corrected chi connectivity index (χ1v) is 6.91. The highest BCUT2D eigenvalue weighted by atomic mass is 35.5. The van der Waals surface area contributed by atoms with Crippen LogP contribution in [0.1, 0.15) is 45.7 Å². The van der Waals surface area contributed by atoms with Gasteiger partial charge in [0.15, 0.2) is 0 Å². The molecule has 0 bridgehead atoms. The Labute approximate surface area is 116 Å². The zero-order valence-electron chi connectivity index (χ0n) is 12.3. The highest BCUT2D eigenvalue weighted by Crippen LogP contribution is 2.31. The molecule has 0 heterocycles. The number of nitrogens with zero attached hydrogens (tertiary/aromatic N) is 1. The fourth-order valence-electron chi connectivity index (χ4n) is 1.82. The number of hydrogen-bond acceptors (Lipinski definition) is 2. The monoisotopic (exact) mass is 268 g/mol. The van der Waals surface area contributed by atoms with Crippen LogP contribution in [0, 0.1) is 0 Å². The molecule has 1 aromatic carbocycles. The van der Waals surface area contributed by atoms with Crippen molar-refractivity contribution in [1.82, 2.24) is 5.32 Å². The zero-order chi connectivity index (χ0) is 13.9. The molecule has 0 spiro atoms. The van der Waals surface area contributed by atoms with Crippen LogP contribution in [-0.2, 0) is 0 Å². The van der Waals surface area contributed by atoms with E-state index in [9.17, 15) is 0 Å². The van der Waals surface area contributed by atoms with Gasteiger partial charge >= 0.3 is 0 Å². The molecule has 0 saturated heterocycles. The van der Waals surface area contributed by atoms with E-state index in [-0.39, 0.29) is 11.6 Å². The predicted molar refractivity (Wildman–Crippen MR) is 81.7 cm³/mol. The lowest BCUT2D eigenvalue weighted by atomic mass is 9.98. The molecule has 102 valence electrons. The lowest BCUT2D eigenvalue weighted by molar-refractivity contribution is 0.471. The average molecular weight is 269 g/mol. The third kappa shape index (κ3) is 3.18. The zero-order valence-corrected chi connectivity index (χ0v) is 13.1. The molecular weight excluding hydrogens is 244 g/mol. The molecule has 0 saturated carbocycles. The van der Waals surface area contributed by atoms with Crippen LogP contribution in [0.25, 0.3) is 0 Å². The minimum absolute atomic E-state index is 0.138. The van der Waals surface area contributed by atoms with Crippen LogP contribution in [0.3, 0.4) is 0 Å². The Kier molecular flexibility index (Phi) is 5.06. The van der Waals surface area contributed by atoms with Gasteiger partial charge in [0.25, 0.3) is 0 Å². The molecule has 1 atom stereocenters. The van der Waals surface area contributed by atoms with Gasteiger partial charge in [-0.15, -0.1) is 0 Å². The highest BCUT2D eigenvalue weighted by Gasteiger charge is 2.22. The van der Waals surface area contributed by atoms with Crippen molar-refractivity contribution in [2.24, 2.45) is 0 Å². The van der Waals surface area contributed by atoms with E-state index in [1.165, 1.54) is 5.69 Å². The molecular formula is C15H25ClN2. The third-order valence-electron chi connectivity index (χ3n) is 4.04. The van der Waals surface area contributed by atoms with E-state index in [1.54, 1.807) is 0 Å². The predicted octanol–water partition coefficient (Wildman–Crippen LogP) is 4.25. The second-order valence-electron chi connectivity index (χ2n) is 5.44. The highest BCUT2D eigenvalue weighted by molar-refractivity contribution is 6.31. The lowest BCUT2D eigenvalue weighted by Crippen LogP contribution is -2.40. The van der Waals surface area contributed by atoms with Crippen molar-refractivity contribution in [3.8, 4) is 0 Å². The molecule has 1 rings (SSSR count). The molecule has 0 aliphatic carbocycles. The van der Waals surface area contributed by atoms with Crippen molar-refractivity contribution in [1.29, 1.82) is 0 Å². The smallest absolute Gasteiger partial charge is 0.0474 e. The molecule has 0 aliphatic rings. The van der Waals surface area contributed by atoms with E-state index in [0.717, 1.165) is 17.0 Å². The fraction of sp³-hybridized carbons (Fsp3) is 0.600. The molecule has 18 heavy (non-hydrogen) atoms. The van der Waals surface area contributed by atoms with Crippen molar-refractivity contribution in [2.75, 3.05) is 19.0 Å². The Balaban J connectivity index is 3.04. The molecule has 1 N–H and O–H groups in total. The quantitative estimate of drug-likeness (QED) is 0.859. The van der Waals surface area contributed by atoms with Crippen LogP contribution in [-0.4, -0.2) is 19.6 Å². The number of benzene rings is 1. The maximum atomic E-state index is 6.37. The van der Waals surface area contributed by atoms with Crippen LogP contribution in [0.2, 0.25) is 5.02 Å². The molecule has 3 heteroatoms. The summed E-state index contributed by atoms with van der Waals surface area (Å²) in [5, 5.41) is 4.04. The second-order valence-corrected chi connectivity index (χ2v) is 5.85. The summed E-state index contributed by atoms with van der Waals surface area (Å²) in [7, 11) is 4.07. The second kappa shape index (κ2) is 5.94. The molecule has 0 amide bonds. The number of halogens is 1. The maximum Gasteiger partial charge on any atom is 0.0474 e. The third-order valence-corrected chi connectivity index (χ3v) is 4.37. The summed E-state index contributed by atoms with van der Waals surface area (Å²) in [4.78, 5) is 2.28. The van der Waals surface area contributed by atoms with Crippen molar-refractivity contribution in [3.63, 3.8) is 0 Å². The van der Waals surface area contributed by atoms with Gasteiger partial charge in [-0.3, -0.25) is 0 Å². The van der Waals surface area contributed by atoms with Gasteiger partial charge in [0, 0.05) is 29.3 Å². The molecule has 1 unspecified atom stereocenters. The van der Waals surface area contributed by atoms with E-state index in [0.29, 0.717) is 0 Å². The Morgan fingerprint density at radius 1 is 1.39 bits per heavy atom. The molecule has 0 radical (unpaired) electrons. The Morgan fingerprint density at radius 3 is 2.44 bits per heavy atom. The molecule has 2 nitrogen and oxygen atoms in total. The largest absolute Gasteiger partial charge is 0.369 e. The van der Waals surface area contributed by atoms with Crippen LogP contribution >= 0.6 is 11.6 Å². The van der Waals surface area contributed by atoms with E-state index in [2.05, 4.69) is 63.2 Å². The van der Waals surface area contributed by atoms with Gasteiger partial charge in [-0.25, -0.2) is 0 Å². The van der Waals surface area contributed by atoms with Gasteiger partial charge in [-0.2, -0.15) is 0 Å². The maximum absolute atomic E-state index is 6.37. The Morgan fingerprint density at radius 2 is 2.00 bits per heavy atom. The SMILES string of the molecule is CCC(C)(C)N(C)c1ccc(C(C)NC)c(Cl)c1. The van der Waals surface area contributed by atoms with Gasteiger partial charge in [0.2, 0.25) is 0 Å². The summed E-state index contributed by atoms with van der Waals surface area (Å²) in [6.45, 7) is 8.80. The van der Waals surface area contributed by atoms with E-state index in [1.807, 2.05) is 7.05 Å². The number of hydrogen-bond donors (Lipinski definition) is 1. The van der Waals surface area contributed by atoms with Crippen LogP contribution in [0.5, 0.6) is 0 Å². The van der Waals surface area contributed by atoms with Crippen molar-refractivity contribution < 1.29 is 0 Å². The molecule has 0 aliphatic heterocycles. The average Bonchev–Trinajstić information content (AvgIpc) is 2.36. The summed E-state index contributed by atoms with van der Waals surface area (Å²) in [5.41, 5.74) is 2.45. The number of anilines is 1. The van der Waals surface area contributed by atoms with Crippen molar-refractivity contribution >= 4 is 17.3 Å². The summed E-state index contributed by atoms with van der Waals surface area (Å²) in [6.07, 6.45) is 1.09. The van der Waals surface area contributed by atoms with Crippen molar-refractivity contribution in [3.05, 3.63) is 28.8 Å². The summed E-state index contributed by atoms with van der Waals surface area (Å²) in [6, 6.07) is 6.59. The van der Waals surface area contributed by atoms with Crippen molar-refractivity contribution in [2.45, 2.75) is 45.7 Å². The first kappa shape index (κ1) is 15.3. The molecule has 1 aromatic rings. The van der Waals surface area contributed by atoms with Gasteiger partial charge in [0.1, 0.15) is 0 Å². The van der Waals surface area contributed by atoms with Gasteiger partial charge in [-0.1, -0.05) is 24.6 Å². The topological polar surface area (TPSA) is 15.3 Å². The lowest BCUT2D eigenvalue weighted by Gasteiger charge is -2.37. The van der Waals surface area contributed by atoms with Gasteiger partial charge < -0.3 is 10.2 Å². The van der Waals surface area contributed by atoms with Crippen LogP contribution in [0.15, 0.2) is 18.2 Å². The molecule has 0 fully saturated rings. The van der Waals surface area contributed by atoms with Gasteiger partial charge in [-0.05, 0) is 51.9 Å². The minimum Gasteiger partial charge on any atom is -0.369 e. The van der Waals surface area contributed by atoms with Crippen LogP contribution in [0.4, 0.5) is 5.69 Å². The summed E-state index contributed by atoms with van der Waals surface area (Å²) >= 11 is 6.37. The standard InChI is InChI=1S/C15H25ClN2/c1-7-15(3,4)18(6)12-8-9-13(11(2)17-5)14(16)10-12/h8-11,17H,7H2,1-6H3. The van der Waals surface area contributed by atoms with E-state index >= 15 is 0 Å². The Hall–Kier alpha value is -0.730. The summed E-state index contributed by atoms with van der Waals surface area (Å²) in [5.74, 6) is 0. The normalized spacial score (nSPS) is 13.5. The first-order chi connectivity index (χ1) is 8.33. The van der Waals surface area contributed by atoms with Gasteiger partial charge in [0.05, 0.1) is 0 Å².